The largest absolute Gasteiger partial charge is 0.494 e. The molecule has 0 aliphatic carbocycles. The zero-order valence-corrected chi connectivity index (χ0v) is 57.4. The first-order chi connectivity index (χ1) is 47.5. The lowest BCUT2D eigenvalue weighted by atomic mass is 9.76. The van der Waals surface area contributed by atoms with E-state index in [1.54, 1.807) is 12.1 Å². The number of H-pyrrole nitrogens is 1. The number of rotatable bonds is 45. The van der Waals surface area contributed by atoms with E-state index >= 15 is 4.39 Å². The van der Waals surface area contributed by atoms with Crippen molar-refractivity contribution < 1.29 is 82.3 Å². The molecule has 6 amide bonds. The highest BCUT2D eigenvalue weighted by molar-refractivity contribution is 6.00. The maximum atomic E-state index is 15.4. The van der Waals surface area contributed by atoms with E-state index in [4.69, 9.17) is 21.9 Å². The summed E-state index contributed by atoms with van der Waals surface area (Å²) in [5.74, 6) is -14.0. The lowest BCUT2D eigenvalue weighted by molar-refractivity contribution is -0.142. The van der Waals surface area contributed by atoms with Gasteiger partial charge in [0.2, 0.25) is 35.4 Å². The molecule has 1 aromatic heterocycles. The van der Waals surface area contributed by atoms with Gasteiger partial charge in [-0.3, -0.25) is 52.7 Å². The fraction of sp³-hybridized carbons (Fsp3) is 0.493. The number of amides is 6. The third-order valence-electron chi connectivity index (χ3n) is 17.1. The summed E-state index contributed by atoms with van der Waals surface area (Å²) >= 11 is 0. The number of carbonyl (C=O) groups excluding carboxylic acids is 10. The number of halogens is 1. The molecule has 0 bridgehead atoms. The second-order valence-electron chi connectivity index (χ2n) is 25.6. The number of primary amides is 1. The Morgan fingerprint density at radius 2 is 1.32 bits per heavy atom. The molecule has 28 nitrogen and oxygen atoms in total. The van der Waals surface area contributed by atoms with Crippen LogP contribution in [0.15, 0.2) is 84.9 Å². The first-order valence-corrected chi connectivity index (χ1v) is 33.4. The van der Waals surface area contributed by atoms with Crippen molar-refractivity contribution in [1.82, 2.24) is 47.2 Å². The van der Waals surface area contributed by atoms with Crippen LogP contribution in [-0.2, 0) is 84.8 Å². The number of Topliss-reactive ketones (excluding diaryl/α,β-unsaturated/α-hetero) is 4. The van der Waals surface area contributed by atoms with Crippen molar-refractivity contribution in [2.45, 2.75) is 180 Å². The van der Waals surface area contributed by atoms with Gasteiger partial charge in [-0.2, -0.15) is 5.21 Å². The molecule has 1 heterocycles. The van der Waals surface area contributed by atoms with E-state index in [2.05, 4.69) is 47.2 Å². The zero-order chi connectivity index (χ0) is 73.8. The zero-order valence-electron chi connectivity index (χ0n) is 57.4. The van der Waals surface area contributed by atoms with E-state index in [9.17, 15) is 73.2 Å². The monoisotopic (exact) mass is 1390 g/mol. The Morgan fingerprint density at radius 1 is 0.670 bits per heavy atom. The maximum absolute atomic E-state index is 15.4. The number of carbonyl (C=O) groups is 11. The van der Waals surface area contributed by atoms with Gasteiger partial charge in [0.1, 0.15) is 29.7 Å². The van der Waals surface area contributed by atoms with Crippen LogP contribution in [0.2, 0.25) is 0 Å². The van der Waals surface area contributed by atoms with Gasteiger partial charge in [0.05, 0.1) is 61.8 Å². The Bertz CT molecular complexity index is 3610. The number of benzene rings is 4. The number of unbranched alkanes of at least 4 members (excludes halogenated alkanes) is 1. The molecule has 16 N–H and O–H groups in total. The van der Waals surface area contributed by atoms with Crippen LogP contribution < -0.4 is 48.5 Å². The molecule has 0 aliphatic heterocycles. The smallest absolute Gasteiger partial charge is 0.305 e. The number of hydrogen-bond donors (Lipinski definition) is 13. The minimum Gasteiger partial charge on any atom is -0.494 e. The van der Waals surface area contributed by atoms with Gasteiger partial charge in [0.15, 0.2) is 29.0 Å². The van der Waals surface area contributed by atoms with Gasteiger partial charge < -0.3 is 68.9 Å². The van der Waals surface area contributed by atoms with Gasteiger partial charge in [0, 0.05) is 44.4 Å². The summed E-state index contributed by atoms with van der Waals surface area (Å²) in [5, 5.41) is 68.1. The Morgan fingerprint density at radius 3 is 1.92 bits per heavy atom. The van der Waals surface area contributed by atoms with E-state index < -0.39 is 188 Å². The van der Waals surface area contributed by atoms with Crippen molar-refractivity contribution in [3.63, 3.8) is 0 Å². The number of carboxylic acid groups (broad SMARTS) is 1. The number of ether oxygens (including phenoxy) is 1. The van der Waals surface area contributed by atoms with Crippen molar-refractivity contribution in [2.75, 3.05) is 26.3 Å². The summed E-state index contributed by atoms with van der Waals surface area (Å²) in [5.41, 5.74) is 21.2. The summed E-state index contributed by atoms with van der Waals surface area (Å²) in [6, 6.07) is 16.3. The second kappa shape index (κ2) is 39.9. The number of aliphatic hydroxyl groups excluding tert-OH is 3. The van der Waals surface area contributed by atoms with Crippen LogP contribution in [0.4, 0.5) is 4.39 Å². The Balaban J connectivity index is 1.35. The molecule has 5 rings (SSSR count). The van der Waals surface area contributed by atoms with Gasteiger partial charge in [0.25, 0.3) is 0 Å². The summed E-state index contributed by atoms with van der Waals surface area (Å²) in [6.07, 6.45) is -5.53. The van der Waals surface area contributed by atoms with Gasteiger partial charge in [-0.05, 0) is 137 Å². The number of ketones is 4. The topological polar surface area (TPSA) is 471 Å². The molecule has 0 unspecified atom stereocenters. The highest BCUT2D eigenvalue weighted by atomic mass is 19.1. The van der Waals surface area contributed by atoms with Crippen LogP contribution in [-0.4, -0.2) is 174 Å². The predicted molar refractivity (Wildman–Crippen MR) is 364 cm³/mol. The van der Waals surface area contributed by atoms with E-state index in [1.165, 1.54) is 25.1 Å². The fourth-order valence-electron chi connectivity index (χ4n) is 11.7. The summed E-state index contributed by atoms with van der Waals surface area (Å²) < 4.78 is 21.4. The number of hydrogen-bond acceptors (Lipinski definition) is 20. The van der Waals surface area contributed by atoms with E-state index in [1.807, 2.05) is 69.3 Å². The van der Waals surface area contributed by atoms with Crippen molar-refractivity contribution in [3.05, 3.63) is 130 Å². The molecule has 0 saturated carbocycles. The molecule has 100 heavy (non-hydrogen) atoms. The third-order valence-corrected chi connectivity index (χ3v) is 17.1. The number of nitrogens with zero attached hydrogens (tertiary/aromatic N) is 3. The van der Waals surface area contributed by atoms with Gasteiger partial charge >= 0.3 is 5.97 Å². The van der Waals surface area contributed by atoms with Crippen LogP contribution in [0.5, 0.6) is 5.75 Å². The highest BCUT2D eigenvalue weighted by Gasteiger charge is 2.43. The molecule has 0 radical (unpaired) electrons. The van der Waals surface area contributed by atoms with Crippen molar-refractivity contribution >= 4 is 64.5 Å². The molecule has 4 aromatic carbocycles. The van der Waals surface area contributed by atoms with E-state index in [0.29, 0.717) is 43.7 Å². The van der Waals surface area contributed by atoms with E-state index in [-0.39, 0.29) is 30.7 Å². The first kappa shape index (κ1) is 81.1. The highest BCUT2D eigenvalue weighted by Crippen LogP contribution is 2.32. The maximum Gasteiger partial charge on any atom is 0.305 e. The SMILES string of the molecule is CCc1cc(OCCCCN)ccc1-c1ccc(C[C@H](CC(=O)[C@H](CC(=O)O)NC(=O)[C@H](CO)CC(=O)[C@@H](NC(=O)[C@@](C)(CC(=O)[C@@H](NC(=O)CCC(=O)[C@H](Cc2nn[nH]n2)NC(=O)CN)[C@@H](C)O)Cc2ccccc2F)[C@@H](C)O)C(=O)N[C@@H](CCCc2cc(C)cc(C)c2)C(N)=O)cc1. The Kier molecular flexibility index (Phi) is 32.4. The Hall–Kier alpha value is -9.55. The molecule has 0 aliphatic rings. The van der Waals surface area contributed by atoms with Crippen molar-refractivity contribution in [2.24, 2.45) is 34.5 Å². The number of aryl methyl sites for hydroxylation is 4. The average Bonchev–Trinajstić information content (AvgIpc) is 0.853. The molecular weight excluding hydrogens is 1300 g/mol. The van der Waals surface area contributed by atoms with E-state index in [0.717, 1.165) is 66.1 Å². The Labute approximate surface area is 579 Å². The quantitative estimate of drug-likeness (QED) is 0.0248. The van der Waals surface area contributed by atoms with Crippen LogP contribution >= 0.6 is 0 Å². The fourth-order valence-corrected chi connectivity index (χ4v) is 11.7. The number of tetrazole rings is 1. The number of carboxylic acids is 1. The molecule has 29 heteroatoms. The second-order valence-corrected chi connectivity index (χ2v) is 25.6. The molecule has 0 spiro atoms. The van der Waals surface area contributed by atoms with Crippen molar-refractivity contribution in [1.29, 1.82) is 0 Å². The normalized spacial score (nSPS) is 14.6. The van der Waals surface area contributed by atoms with Gasteiger partial charge in [-0.25, -0.2) is 4.39 Å². The minimum absolute atomic E-state index is 0.0582. The van der Waals surface area contributed by atoms with Crippen molar-refractivity contribution in [3.8, 4) is 16.9 Å². The molecule has 542 valence electrons. The average molecular weight is 1390 g/mol. The molecular formula is C71H95FN12O16. The minimum atomic E-state index is -2.06. The first-order valence-electron chi connectivity index (χ1n) is 33.4. The summed E-state index contributed by atoms with van der Waals surface area (Å²) in [7, 11) is 0. The van der Waals surface area contributed by atoms with Crippen LogP contribution in [0.3, 0.4) is 0 Å². The predicted octanol–water partition coefficient (Wildman–Crippen LogP) is 1.92. The standard InChI is InChI=1S/C71H95FN12O16/c1-7-46-31-51(100-26-11-10-25-73)21-22-52(46)47-19-17-44(18-20-47)30-49(68(97)77-54(67(75)96)16-12-13-45-28-40(2)27-41(3)29-45)32-58(89)56(35-64(94)95)78-69(98)50(39-85)33-59(90)65(42(4)86)80-70(99)71(6,36-48-14-8-9-15-53(48)72)37-60(91)66(43(5)87)79-62(92)24-23-57(88)55(76-63(93)38-74)34-61-81-83-84-82-61/h8-9,14-15,17-22,27-29,31,42-43,49-50,54-56,65-66,85-87H,7,10-13,16,23-26,30,32-39,73-74H2,1-6H3,(H2,75,96)(H,76,93)(H,77,97)(H,78,98)(H,79,92)(H,80,99)(H,94,95)(H,81,82,83,84)/t42-,43-,49-,50+,54+,55+,56+,65+,66+,71-/m1/s1. The number of aromatic amines is 1. The molecule has 0 fully saturated rings. The van der Waals surface area contributed by atoms with Crippen LogP contribution in [0, 0.1) is 36.9 Å². The summed E-state index contributed by atoms with van der Waals surface area (Å²) in [6.45, 7) is 8.89. The lowest BCUT2D eigenvalue weighted by Gasteiger charge is -2.33. The number of nitrogens with two attached hydrogens (primary N) is 3. The van der Waals surface area contributed by atoms with Gasteiger partial charge in [-0.1, -0.05) is 96.9 Å². The number of aliphatic carboxylic acids is 1. The van der Waals surface area contributed by atoms with Gasteiger partial charge in [-0.15, -0.1) is 10.2 Å². The summed E-state index contributed by atoms with van der Waals surface area (Å²) in [4.78, 5) is 151. The van der Waals surface area contributed by atoms with Crippen LogP contribution in [0.1, 0.15) is 131 Å². The molecule has 10 atom stereocenters. The molecule has 5 aromatic rings. The number of aromatic nitrogens is 4. The number of nitrogens with one attached hydrogen (secondary N) is 6. The van der Waals surface area contributed by atoms with Crippen LogP contribution in [0.25, 0.3) is 11.1 Å². The number of aliphatic hydroxyl groups is 3. The third kappa shape index (κ3) is 25.6. The molecule has 0 saturated heterocycles. The lowest BCUT2D eigenvalue weighted by Crippen LogP contribution is -2.55.